The van der Waals surface area contributed by atoms with Gasteiger partial charge < -0.3 is 10.1 Å². The Morgan fingerprint density at radius 3 is 2.39 bits per heavy atom. The van der Waals surface area contributed by atoms with Crippen molar-refractivity contribution in [3.05, 3.63) is 64.1 Å². The van der Waals surface area contributed by atoms with Gasteiger partial charge >= 0.3 is 0 Å². The summed E-state index contributed by atoms with van der Waals surface area (Å²) >= 11 is 11.8. The largest absolute Gasteiger partial charge is 0.484 e. The van der Waals surface area contributed by atoms with Gasteiger partial charge in [0.2, 0.25) is 0 Å². The van der Waals surface area contributed by atoms with Gasteiger partial charge in [0.1, 0.15) is 5.75 Å². The number of carbonyl (C=O) groups excluding carboxylic acids is 1. The van der Waals surface area contributed by atoms with E-state index in [1.807, 2.05) is 30.3 Å². The Hall–Kier alpha value is -1.71. The van der Waals surface area contributed by atoms with Crippen molar-refractivity contribution < 1.29 is 9.53 Å². The highest BCUT2D eigenvalue weighted by molar-refractivity contribution is 6.34. The lowest BCUT2D eigenvalue weighted by molar-refractivity contribution is -0.123. The van der Waals surface area contributed by atoms with Crippen molar-refractivity contribution in [2.75, 3.05) is 6.61 Å². The first-order valence-corrected chi connectivity index (χ1v) is 8.27. The van der Waals surface area contributed by atoms with Crippen LogP contribution in [0.15, 0.2) is 48.5 Å². The van der Waals surface area contributed by atoms with E-state index < -0.39 is 0 Å². The van der Waals surface area contributed by atoms with Crippen LogP contribution < -0.4 is 10.1 Å². The number of rotatable bonds is 7. The molecule has 0 spiro atoms. The first-order chi connectivity index (χ1) is 11.1. The van der Waals surface area contributed by atoms with Crippen LogP contribution in [0.1, 0.15) is 31.4 Å². The topological polar surface area (TPSA) is 38.3 Å². The second-order valence-electron chi connectivity index (χ2n) is 5.21. The fourth-order valence-corrected chi connectivity index (χ4v) is 2.80. The summed E-state index contributed by atoms with van der Waals surface area (Å²) in [7, 11) is 0. The molecule has 122 valence electrons. The van der Waals surface area contributed by atoms with Crippen LogP contribution in [0.2, 0.25) is 10.0 Å². The van der Waals surface area contributed by atoms with E-state index in [9.17, 15) is 4.79 Å². The van der Waals surface area contributed by atoms with E-state index in [2.05, 4.69) is 12.2 Å². The second kappa shape index (κ2) is 8.80. The molecule has 5 heteroatoms. The molecular formula is C18H19Cl2NO2. The number of ether oxygens (including phenoxy) is 1. The van der Waals surface area contributed by atoms with Crippen molar-refractivity contribution in [2.24, 2.45) is 0 Å². The number of nitrogens with one attached hydrogen (secondary N) is 1. The highest BCUT2D eigenvalue weighted by Crippen LogP contribution is 2.24. The number of benzene rings is 2. The van der Waals surface area contributed by atoms with Crippen LogP contribution >= 0.6 is 23.2 Å². The summed E-state index contributed by atoms with van der Waals surface area (Å²) in [6.45, 7) is 2.01. The molecule has 0 unspecified atom stereocenters. The van der Waals surface area contributed by atoms with Crippen molar-refractivity contribution in [3.8, 4) is 5.75 Å². The molecule has 3 nitrogen and oxygen atoms in total. The van der Waals surface area contributed by atoms with E-state index in [0.29, 0.717) is 15.8 Å². The predicted molar refractivity (Wildman–Crippen MR) is 94.2 cm³/mol. The molecule has 1 amide bonds. The summed E-state index contributed by atoms with van der Waals surface area (Å²) < 4.78 is 5.46. The maximum atomic E-state index is 12.1. The second-order valence-corrected chi connectivity index (χ2v) is 6.09. The van der Waals surface area contributed by atoms with E-state index >= 15 is 0 Å². The highest BCUT2D eigenvalue weighted by atomic mass is 35.5. The Labute approximate surface area is 146 Å². The van der Waals surface area contributed by atoms with Gasteiger partial charge in [-0.05, 0) is 30.2 Å². The van der Waals surface area contributed by atoms with Gasteiger partial charge in [-0.25, -0.2) is 0 Å². The molecule has 0 aromatic heterocycles. The Balaban J connectivity index is 1.94. The van der Waals surface area contributed by atoms with Crippen molar-refractivity contribution in [3.63, 3.8) is 0 Å². The average Bonchev–Trinajstić information content (AvgIpc) is 2.52. The van der Waals surface area contributed by atoms with Crippen LogP contribution in [0.5, 0.6) is 5.75 Å². The van der Waals surface area contributed by atoms with Gasteiger partial charge in [0.15, 0.2) is 6.61 Å². The molecule has 1 atom stereocenters. The summed E-state index contributed by atoms with van der Waals surface area (Å²) in [4.78, 5) is 12.1. The standard InChI is InChI=1S/C18H19Cl2NO2/c1-2-6-17(13-7-4-3-5-8-13)21-18(22)12-23-16-10-14(19)9-15(20)11-16/h3-5,7-11,17H,2,6,12H2,1H3,(H,21,22)/t17-/m1/s1. The minimum atomic E-state index is -0.177. The average molecular weight is 352 g/mol. The Kier molecular flexibility index (Phi) is 6.75. The van der Waals surface area contributed by atoms with Gasteiger partial charge in [-0.15, -0.1) is 0 Å². The number of halogens is 2. The molecule has 0 saturated carbocycles. The zero-order valence-electron chi connectivity index (χ0n) is 12.9. The maximum absolute atomic E-state index is 12.1. The van der Waals surface area contributed by atoms with Crippen LogP contribution in [0.25, 0.3) is 0 Å². The van der Waals surface area contributed by atoms with E-state index in [1.165, 1.54) is 0 Å². The van der Waals surface area contributed by atoms with E-state index in [-0.39, 0.29) is 18.6 Å². The van der Waals surface area contributed by atoms with Gasteiger partial charge in [0.05, 0.1) is 6.04 Å². The quantitative estimate of drug-likeness (QED) is 0.759. The van der Waals surface area contributed by atoms with E-state index in [0.717, 1.165) is 18.4 Å². The Morgan fingerprint density at radius 1 is 1.13 bits per heavy atom. The van der Waals surface area contributed by atoms with E-state index in [4.69, 9.17) is 27.9 Å². The lowest BCUT2D eigenvalue weighted by atomic mass is 10.0. The number of hydrogen-bond donors (Lipinski definition) is 1. The number of hydrogen-bond acceptors (Lipinski definition) is 2. The molecule has 0 aliphatic rings. The molecule has 1 N–H and O–H groups in total. The molecule has 0 saturated heterocycles. The summed E-state index contributed by atoms with van der Waals surface area (Å²) in [6, 6.07) is 14.8. The molecule has 0 heterocycles. The Morgan fingerprint density at radius 2 is 1.78 bits per heavy atom. The third-order valence-electron chi connectivity index (χ3n) is 3.32. The molecule has 0 aliphatic heterocycles. The third kappa shape index (κ3) is 5.77. The van der Waals surface area contributed by atoms with Crippen molar-refractivity contribution in [1.82, 2.24) is 5.32 Å². The molecule has 2 aromatic carbocycles. The Bertz CT molecular complexity index is 626. The van der Waals surface area contributed by atoms with Crippen LogP contribution in [-0.4, -0.2) is 12.5 Å². The molecular weight excluding hydrogens is 333 g/mol. The minimum absolute atomic E-state index is 0.0137. The first-order valence-electron chi connectivity index (χ1n) is 7.51. The van der Waals surface area contributed by atoms with E-state index in [1.54, 1.807) is 18.2 Å². The number of carbonyl (C=O) groups is 1. The fraction of sp³-hybridized carbons (Fsp3) is 0.278. The predicted octanol–water partition coefficient (Wildman–Crippen LogP) is 5.03. The fourth-order valence-electron chi connectivity index (χ4n) is 2.29. The monoisotopic (exact) mass is 351 g/mol. The van der Waals surface area contributed by atoms with Gasteiger partial charge in [-0.1, -0.05) is 66.9 Å². The van der Waals surface area contributed by atoms with Crippen LogP contribution in [-0.2, 0) is 4.79 Å². The molecule has 0 aliphatic carbocycles. The van der Waals surface area contributed by atoms with Crippen molar-refractivity contribution in [1.29, 1.82) is 0 Å². The SMILES string of the molecule is CCC[C@@H](NC(=O)COc1cc(Cl)cc(Cl)c1)c1ccccc1. The van der Waals surface area contributed by atoms with Crippen LogP contribution in [0, 0.1) is 0 Å². The summed E-state index contributed by atoms with van der Waals surface area (Å²) in [5.41, 5.74) is 1.09. The molecule has 2 rings (SSSR count). The smallest absolute Gasteiger partial charge is 0.258 e. The van der Waals surface area contributed by atoms with Crippen LogP contribution in [0.4, 0.5) is 0 Å². The number of amides is 1. The van der Waals surface area contributed by atoms with Crippen molar-refractivity contribution in [2.45, 2.75) is 25.8 Å². The zero-order valence-corrected chi connectivity index (χ0v) is 14.4. The summed E-state index contributed by atoms with van der Waals surface area (Å²) in [5, 5.41) is 3.95. The van der Waals surface area contributed by atoms with Crippen molar-refractivity contribution >= 4 is 29.1 Å². The van der Waals surface area contributed by atoms with Gasteiger partial charge in [0.25, 0.3) is 5.91 Å². The minimum Gasteiger partial charge on any atom is -0.484 e. The summed E-state index contributed by atoms with van der Waals surface area (Å²) in [6.07, 6.45) is 1.85. The molecule has 0 radical (unpaired) electrons. The van der Waals surface area contributed by atoms with Gasteiger partial charge in [-0.2, -0.15) is 0 Å². The van der Waals surface area contributed by atoms with Crippen LogP contribution in [0.3, 0.4) is 0 Å². The summed E-state index contributed by atoms with van der Waals surface area (Å²) in [5.74, 6) is 0.299. The maximum Gasteiger partial charge on any atom is 0.258 e. The molecule has 23 heavy (non-hydrogen) atoms. The zero-order chi connectivity index (χ0) is 16.7. The lowest BCUT2D eigenvalue weighted by Gasteiger charge is -2.19. The van der Waals surface area contributed by atoms with Gasteiger partial charge in [0, 0.05) is 10.0 Å². The van der Waals surface area contributed by atoms with Gasteiger partial charge in [-0.3, -0.25) is 4.79 Å². The third-order valence-corrected chi connectivity index (χ3v) is 3.76. The normalized spacial score (nSPS) is 11.8. The first kappa shape index (κ1) is 17.6. The highest BCUT2D eigenvalue weighted by Gasteiger charge is 2.14. The molecule has 0 fully saturated rings. The molecule has 2 aromatic rings. The lowest BCUT2D eigenvalue weighted by Crippen LogP contribution is -2.32. The molecule has 0 bridgehead atoms.